The van der Waals surface area contributed by atoms with Crippen LogP contribution in [0.4, 0.5) is 0 Å². The van der Waals surface area contributed by atoms with Crippen LogP contribution < -0.4 is 11.5 Å². The van der Waals surface area contributed by atoms with Gasteiger partial charge in [-0.3, -0.25) is 0 Å². The van der Waals surface area contributed by atoms with Crippen molar-refractivity contribution >= 4 is 0 Å². The summed E-state index contributed by atoms with van der Waals surface area (Å²) in [5.41, 5.74) is 12.0. The third-order valence-corrected chi connectivity index (χ3v) is 2.25. The van der Waals surface area contributed by atoms with Crippen LogP contribution in [0.15, 0.2) is 41.9 Å². The number of benzene rings is 1. The third-order valence-electron chi connectivity index (χ3n) is 2.25. The van der Waals surface area contributed by atoms with Crippen LogP contribution >= 0.6 is 0 Å². The number of nitrogens with two attached hydrogens (primary N) is 2. The molecule has 1 aliphatic heterocycles. The van der Waals surface area contributed by atoms with E-state index in [1.54, 1.807) is 0 Å². The Morgan fingerprint density at radius 2 is 1.47 bits per heavy atom. The summed E-state index contributed by atoms with van der Waals surface area (Å²) in [6, 6.07) is 9.70. The molecule has 0 bridgehead atoms. The molecule has 1 aromatic rings. The van der Waals surface area contributed by atoms with Gasteiger partial charge in [0.1, 0.15) is 0 Å². The maximum absolute atomic E-state index is 5.55. The highest BCUT2D eigenvalue weighted by atomic mass is 16.7. The van der Waals surface area contributed by atoms with Gasteiger partial charge >= 0.3 is 0 Å². The molecule has 0 atom stereocenters. The van der Waals surface area contributed by atoms with E-state index in [1.165, 1.54) is 0 Å². The van der Waals surface area contributed by atoms with E-state index < -0.39 is 6.29 Å². The van der Waals surface area contributed by atoms with Crippen LogP contribution in [0.5, 0.6) is 0 Å². The van der Waals surface area contributed by atoms with Gasteiger partial charge in [-0.25, -0.2) is 0 Å². The summed E-state index contributed by atoms with van der Waals surface area (Å²) in [6.07, 6.45) is -0.400. The van der Waals surface area contributed by atoms with E-state index in [0.29, 0.717) is 24.6 Å². The third kappa shape index (κ3) is 1.95. The van der Waals surface area contributed by atoms with Crippen LogP contribution in [0, 0.1) is 0 Å². The largest absolute Gasteiger partial charge is 0.450 e. The fourth-order valence-electron chi connectivity index (χ4n) is 1.48. The van der Waals surface area contributed by atoms with Crippen molar-refractivity contribution in [2.75, 3.05) is 13.1 Å². The number of rotatable bonds is 3. The second kappa shape index (κ2) is 4.33. The van der Waals surface area contributed by atoms with Gasteiger partial charge in [-0.1, -0.05) is 30.3 Å². The van der Waals surface area contributed by atoms with Crippen LogP contribution in [0.1, 0.15) is 11.9 Å². The SMILES string of the molecule is NCC1=C(CN)OC(c2ccccc2)O1. The summed E-state index contributed by atoms with van der Waals surface area (Å²) < 4.78 is 11.1. The second-order valence-corrected chi connectivity index (χ2v) is 3.23. The molecule has 0 saturated carbocycles. The molecule has 80 valence electrons. The molecule has 0 unspecified atom stereocenters. The molecule has 0 fully saturated rings. The van der Waals surface area contributed by atoms with Gasteiger partial charge in [0.25, 0.3) is 6.29 Å². The van der Waals surface area contributed by atoms with Crippen molar-refractivity contribution in [3.63, 3.8) is 0 Å². The molecule has 0 spiro atoms. The quantitative estimate of drug-likeness (QED) is 0.769. The molecule has 0 saturated heterocycles. The van der Waals surface area contributed by atoms with E-state index in [1.807, 2.05) is 30.3 Å². The summed E-state index contributed by atoms with van der Waals surface area (Å²) >= 11 is 0. The molecular weight excluding hydrogens is 192 g/mol. The summed E-state index contributed by atoms with van der Waals surface area (Å²) in [6.45, 7) is 0.631. The molecular formula is C11H14N2O2. The molecule has 0 radical (unpaired) electrons. The van der Waals surface area contributed by atoms with E-state index in [2.05, 4.69) is 0 Å². The van der Waals surface area contributed by atoms with Crippen LogP contribution in [0.2, 0.25) is 0 Å². The van der Waals surface area contributed by atoms with Gasteiger partial charge < -0.3 is 20.9 Å². The number of hydrogen-bond acceptors (Lipinski definition) is 4. The van der Waals surface area contributed by atoms with Gasteiger partial charge in [0.15, 0.2) is 11.5 Å². The van der Waals surface area contributed by atoms with Crippen molar-refractivity contribution in [3.8, 4) is 0 Å². The molecule has 2 rings (SSSR count). The minimum atomic E-state index is -0.400. The smallest absolute Gasteiger partial charge is 0.267 e. The Morgan fingerprint density at radius 1 is 0.933 bits per heavy atom. The van der Waals surface area contributed by atoms with E-state index in [-0.39, 0.29) is 0 Å². The van der Waals surface area contributed by atoms with Gasteiger partial charge in [-0.05, 0) is 0 Å². The minimum Gasteiger partial charge on any atom is -0.450 e. The lowest BCUT2D eigenvalue weighted by Crippen LogP contribution is -2.09. The molecule has 15 heavy (non-hydrogen) atoms. The first-order chi connectivity index (χ1) is 7.35. The van der Waals surface area contributed by atoms with Crippen molar-refractivity contribution in [2.24, 2.45) is 11.5 Å². The van der Waals surface area contributed by atoms with Gasteiger partial charge in [-0.15, -0.1) is 0 Å². The van der Waals surface area contributed by atoms with Gasteiger partial charge in [-0.2, -0.15) is 0 Å². The molecule has 1 heterocycles. The van der Waals surface area contributed by atoms with Crippen LogP contribution in [0.25, 0.3) is 0 Å². The van der Waals surface area contributed by atoms with Gasteiger partial charge in [0, 0.05) is 5.56 Å². The van der Waals surface area contributed by atoms with Crippen molar-refractivity contribution < 1.29 is 9.47 Å². The van der Waals surface area contributed by atoms with E-state index in [4.69, 9.17) is 20.9 Å². The Morgan fingerprint density at radius 3 is 1.93 bits per heavy atom. The Bertz CT molecular complexity index is 346. The lowest BCUT2D eigenvalue weighted by molar-refractivity contribution is -0.0419. The Kier molecular flexibility index (Phi) is 2.89. The maximum Gasteiger partial charge on any atom is 0.267 e. The Hall–Kier alpha value is -1.52. The molecule has 1 aliphatic rings. The average Bonchev–Trinajstić information content (AvgIpc) is 2.73. The minimum absolute atomic E-state index is 0.315. The molecule has 1 aromatic carbocycles. The zero-order valence-corrected chi connectivity index (χ0v) is 8.35. The lowest BCUT2D eigenvalue weighted by atomic mass is 10.2. The van der Waals surface area contributed by atoms with E-state index >= 15 is 0 Å². The highest BCUT2D eigenvalue weighted by Gasteiger charge is 2.26. The fraction of sp³-hybridized carbons (Fsp3) is 0.273. The second-order valence-electron chi connectivity index (χ2n) is 3.23. The standard InChI is InChI=1S/C11H14N2O2/c12-6-9-10(7-13)15-11(14-9)8-4-2-1-3-5-8/h1-5,11H,6-7,12-13H2. The highest BCUT2D eigenvalue weighted by molar-refractivity contribution is 5.20. The topological polar surface area (TPSA) is 70.5 Å². The first-order valence-corrected chi connectivity index (χ1v) is 4.85. The normalized spacial score (nSPS) is 16.4. The molecule has 0 amide bonds. The van der Waals surface area contributed by atoms with Crippen LogP contribution in [-0.4, -0.2) is 13.1 Å². The zero-order valence-electron chi connectivity index (χ0n) is 8.35. The van der Waals surface area contributed by atoms with Crippen molar-refractivity contribution in [1.29, 1.82) is 0 Å². The lowest BCUT2D eigenvalue weighted by Gasteiger charge is -2.11. The first kappa shape index (κ1) is 10.0. The summed E-state index contributed by atoms with van der Waals surface area (Å²) in [4.78, 5) is 0. The van der Waals surface area contributed by atoms with Gasteiger partial charge in [0.2, 0.25) is 0 Å². The monoisotopic (exact) mass is 206 g/mol. The summed E-state index contributed by atoms with van der Waals surface area (Å²) in [5.74, 6) is 1.29. The molecule has 0 aliphatic carbocycles. The maximum atomic E-state index is 5.55. The van der Waals surface area contributed by atoms with E-state index in [9.17, 15) is 0 Å². The number of ether oxygens (including phenoxy) is 2. The predicted octanol–water partition coefficient (Wildman–Crippen LogP) is 0.861. The highest BCUT2D eigenvalue weighted by Crippen LogP contribution is 2.31. The van der Waals surface area contributed by atoms with Crippen LogP contribution in [0.3, 0.4) is 0 Å². The first-order valence-electron chi connectivity index (χ1n) is 4.85. The zero-order chi connectivity index (χ0) is 10.7. The van der Waals surface area contributed by atoms with Crippen molar-refractivity contribution in [2.45, 2.75) is 6.29 Å². The summed E-state index contributed by atoms with van der Waals surface area (Å²) in [5, 5.41) is 0. The van der Waals surface area contributed by atoms with Gasteiger partial charge in [0.05, 0.1) is 13.1 Å². The van der Waals surface area contributed by atoms with Crippen molar-refractivity contribution in [3.05, 3.63) is 47.4 Å². The molecule has 0 aromatic heterocycles. The predicted molar refractivity (Wildman–Crippen MR) is 56.5 cm³/mol. The van der Waals surface area contributed by atoms with E-state index in [0.717, 1.165) is 5.56 Å². The molecule has 4 nitrogen and oxygen atoms in total. The number of hydrogen-bond donors (Lipinski definition) is 2. The average molecular weight is 206 g/mol. The Labute approximate surface area is 88.5 Å². The van der Waals surface area contributed by atoms with Crippen LogP contribution in [-0.2, 0) is 9.47 Å². The van der Waals surface area contributed by atoms with Crippen molar-refractivity contribution in [1.82, 2.24) is 0 Å². The molecule has 4 N–H and O–H groups in total. The Balaban J connectivity index is 2.13. The summed E-state index contributed by atoms with van der Waals surface area (Å²) in [7, 11) is 0. The molecule has 4 heteroatoms. The fourth-order valence-corrected chi connectivity index (χ4v) is 1.48.